The SMILES string of the molecule is C[N+]1(C)CCCC1.O=S(=O)([O-])c1ccccc1. The van der Waals surface area contributed by atoms with Crippen molar-refractivity contribution in [3.63, 3.8) is 0 Å². The van der Waals surface area contributed by atoms with Crippen LogP contribution in [0.25, 0.3) is 0 Å². The molecule has 1 aliphatic heterocycles. The van der Waals surface area contributed by atoms with Gasteiger partial charge in [0.1, 0.15) is 10.1 Å². The number of quaternary nitrogens is 1. The van der Waals surface area contributed by atoms with Crippen LogP contribution in [0.1, 0.15) is 12.8 Å². The van der Waals surface area contributed by atoms with Crippen LogP contribution in [-0.2, 0) is 10.1 Å². The number of likely N-dealkylation sites (tertiary alicyclic amines) is 1. The molecule has 96 valence electrons. The maximum Gasteiger partial charge on any atom is 0.124 e. The van der Waals surface area contributed by atoms with Gasteiger partial charge in [-0.15, -0.1) is 0 Å². The van der Waals surface area contributed by atoms with Crippen LogP contribution in [0.2, 0.25) is 0 Å². The topological polar surface area (TPSA) is 57.2 Å². The Hall–Kier alpha value is -0.910. The van der Waals surface area contributed by atoms with Gasteiger partial charge >= 0.3 is 0 Å². The Morgan fingerprint density at radius 3 is 1.76 bits per heavy atom. The minimum Gasteiger partial charge on any atom is -0.744 e. The molecule has 0 amide bonds. The number of rotatable bonds is 1. The summed E-state index contributed by atoms with van der Waals surface area (Å²) in [6.45, 7) is 2.78. The van der Waals surface area contributed by atoms with Gasteiger partial charge in [0.2, 0.25) is 0 Å². The van der Waals surface area contributed by atoms with Crippen LogP contribution in [0.5, 0.6) is 0 Å². The average molecular weight is 257 g/mol. The summed E-state index contributed by atoms with van der Waals surface area (Å²) >= 11 is 0. The summed E-state index contributed by atoms with van der Waals surface area (Å²) in [5.74, 6) is 0. The van der Waals surface area contributed by atoms with E-state index in [1.54, 1.807) is 6.07 Å². The van der Waals surface area contributed by atoms with Crippen LogP contribution in [0.15, 0.2) is 35.2 Å². The first-order valence-electron chi connectivity index (χ1n) is 5.64. The zero-order valence-electron chi connectivity index (χ0n) is 10.3. The molecule has 1 heterocycles. The van der Waals surface area contributed by atoms with E-state index >= 15 is 0 Å². The van der Waals surface area contributed by atoms with Crippen LogP contribution in [-0.4, -0.2) is 44.6 Å². The third kappa shape index (κ3) is 5.30. The van der Waals surface area contributed by atoms with E-state index in [2.05, 4.69) is 14.1 Å². The van der Waals surface area contributed by atoms with E-state index in [-0.39, 0.29) is 4.90 Å². The predicted molar refractivity (Wildman–Crippen MR) is 65.5 cm³/mol. The molecule has 0 N–H and O–H groups in total. The van der Waals surface area contributed by atoms with E-state index in [4.69, 9.17) is 0 Å². The molecule has 2 rings (SSSR count). The molecule has 17 heavy (non-hydrogen) atoms. The lowest BCUT2D eigenvalue weighted by Gasteiger charge is -2.21. The molecule has 0 unspecified atom stereocenters. The Labute approximate surface area is 103 Å². The smallest absolute Gasteiger partial charge is 0.124 e. The molecule has 1 fully saturated rings. The minimum atomic E-state index is -4.25. The second kappa shape index (κ2) is 5.62. The maximum absolute atomic E-state index is 10.3. The fourth-order valence-corrected chi connectivity index (χ4v) is 2.27. The lowest BCUT2D eigenvalue weighted by atomic mass is 10.4. The van der Waals surface area contributed by atoms with E-state index in [0.717, 1.165) is 0 Å². The summed E-state index contributed by atoms with van der Waals surface area (Å²) in [7, 11) is 0.344. The first-order chi connectivity index (χ1) is 7.81. The van der Waals surface area contributed by atoms with E-state index < -0.39 is 10.1 Å². The van der Waals surface area contributed by atoms with Crippen molar-refractivity contribution in [3.05, 3.63) is 30.3 Å². The molecule has 1 aromatic carbocycles. The molecule has 0 bridgehead atoms. The van der Waals surface area contributed by atoms with Gasteiger partial charge in [0.25, 0.3) is 0 Å². The van der Waals surface area contributed by atoms with Crippen molar-refractivity contribution < 1.29 is 17.5 Å². The van der Waals surface area contributed by atoms with E-state index in [9.17, 15) is 13.0 Å². The van der Waals surface area contributed by atoms with Gasteiger partial charge in [-0.05, 0) is 12.1 Å². The van der Waals surface area contributed by atoms with Crippen molar-refractivity contribution >= 4 is 10.1 Å². The highest BCUT2D eigenvalue weighted by Gasteiger charge is 2.19. The number of hydrogen-bond acceptors (Lipinski definition) is 3. The summed E-state index contributed by atoms with van der Waals surface area (Å²) in [5.41, 5.74) is 0. The Kier molecular flexibility index (Phi) is 4.68. The standard InChI is InChI=1S/C6H14N.C6H6O3S/c1-7(2)5-3-4-6-7;7-10(8,9)6-4-2-1-3-5-6/h3-6H2,1-2H3;1-5H,(H,7,8,9)/q+1;/p-1. The van der Waals surface area contributed by atoms with Gasteiger partial charge in [-0.2, -0.15) is 0 Å². The summed E-state index contributed by atoms with van der Waals surface area (Å²) in [5, 5.41) is 0. The van der Waals surface area contributed by atoms with Crippen LogP contribution < -0.4 is 0 Å². The largest absolute Gasteiger partial charge is 0.744 e. The lowest BCUT2D eigenvalue weighted by Crippen LogP contribution is -2.35. The Morgan fingerprint density at radius 2 is 1.53 bits per heavy atom. The van der Waals surface area contributed by atoms with Gasteiger partial charge in [-0.25, -0.2) is 8.42 Å². The molecule has 1 aromatic rings. The second-order valence-electron chi connectivity index (χ2n) is 4.86. The van der Waals surface area contributed by atoms with Gasteiger partial charge in [0.15, 0.2) is 0 Å². The number of benzene rings is 1. The summed E-state index contributed by atoms with van der Waals surface area (Å²) in [4.78, 5) is -0.185. The van der Waals surface area contributed by atoms with Crippen molar-refractivity contribution in [1.82, 2.24) is 0 Å². The van der Waals surface area contributed by atoms with Crippen molar-refractivity contribution in [2.45, 2.75) is 17.7 Å². The number of nitrogens with zero attached hydrogens (tertiary/aromatic N) is 1. The molecule has 0 spiro atoms. The third-order valence-electron chi connectivity index (χ3n) is 2.81. The quantitative estimate of drug-likeness (QED) is 0.565. The summed E-state index contributed by atoms with van der Waals surface area (Å²) < 4.78 is 32.1. The Balaban J connectivity index is 0.000000181. The first-order valence-corrected chi connectivity index (χ1v) is 7.05. The molecule has 0 aliphatic carbocycles. The molecule has 0 atom stereocenters. The summed E-state index contributed by atoms with van der Waals surface area (Å²) in [6.07, 6.45) is 2.88. The van der Waals surface area contributed by atoms with Crippen LogP contribution in [0, 0.1) is 0 Å². The van der Waals surface area contributed by atoms with Crippen molar-refractivity contribution in [2.24, 2.45) is 0 Å². The molecular weight excluding hydrogens is 238 g/mol. The first kappa shape index (κ1) is 14.2. The summed E-state index contributed by atoms with van der Waals surface area (Å²) in [6, 6.07) is 7.19. The normalized spacial score (nSPS) is 18.3. The highest BCUT2D eigenvalue weighted by atomic mass is 32.2. The van der Waals surface area contributed by atoms with E-state index in [1.807, 2.05) is 0 Å². The van der Waals surface area contributed by atoms with Gasteiger partial charge in [-0.1, -0.05) is 18.2 Å². The van der Waals surface area contributed by atoms with Crippen molar-refractivity contribution in [3.8, 4) is 0 Å². The second-order valence-corrected chi connectivity index (χ2v) is 6.24. The predicted octanol–water partition coefficient (Wildman–Crippen LogP) is 1.45. The molecule has 1 saturated heterocycles. The monoisotopic (exact) mass is 257 g/mol. The van der Waals surface area contributed by atoms with Crippen molar-refractivity contribution in [1.29, 1.82) is 0 Å². The van der Waals surface area contributed by atoms with Crippen LogP contribution >= 0.6 is 0 Å². The highest BCUT2D eigenvalue weighted by Crippen LogP contribution is 2.11. The van der Waals surface area contributed by atoms with Gasteiger partial charge < -0.3 is 9.04 Å². The van der Waals surface area contributed by atoms with Crippen LogP contribution in [0.4, 0.5) is 0 Å². The third-order valence-corrected chi connectivity index (χ3v) is 3.66. The Bertz CT molecular complexity index is 432. The fourth-order valence-electron chi connectivity index (χ4n) is 1.78. The fraction of sp³-hybridized carbons (Fsp3) is 0.500. The zero-order chi connectivity index (χ0) is 12.9. The highest BCUT2D eigenvalue weighted by molar-refractivity contribution is 7.85. The van der Waals surface area contributed by atoms with Gasteiger partial charge in [-0.3, -0.25) is 0 Å². The van der Waals surface area contributed by atoms with Gasteiger partial charge in [0, 0.05) is 12.8 Å². The molecule has 5 heteroatoms. The molecule has 0 radical (unpaired) electrons. The van der Waals surface area contributed by atoms with E-state index in [1.165, 1.54) is 54.7 Å². The molecule has 4 nitrogen and oxygen atoms in total. The molecule has 1 aliphatic rings. The maximum atomic E-state index is 10.3. The average Bonchev–Trinajstić information content (AvgIpc) is 2.64. The Morgan fingerprint density at radius 1 is 1.06 bits per heavy atom. The zero-order valence-corrected chi connectivity index (χ0v) is 11.1. The van der Waals surface area contributed by atoms with Crippen LogP contribution in [0.3, 0.4) is 0 Å². The van der Waals surface area contributed by atoms with E-state index in [0.29, 0.717) is 0 Å². The number of hydrogen-bond donors (Lipinski definition) is 0. The minimum absolute atomic E-state index is 0.185. The lowest BCUT2D eigenvalue weighted by molar-refractivity contribution is -0.877. The van der Waals surface area contributed by atoms with Gasteiger partial charge in [0.05, 0.1) is 32.1 Å². The molecule has 0 aromatic heterocycles. The molecule has 0 saturated carbocycles. The molecular formula is C12H19NO3S. The van der Waals surface area contributed by atoms with Crippen molar-refractivity contribution in [2.75, 3.05) is 27.2 Å².